The summed E-state index contributed by atoms with van der Waals surface area (Å²) in [4.78, 5) is 22.2. The predicted molar refractivity (Wildman–Crippen MR) is 75.7 cm³/mol. The van der Waals surface area contributed by atoms with Gasteiger partial charge in [-0.25, -0.2) is 4.79 Å². The summed E-state index contributed by atoms with van der Waals surface area (Å²) in [7, 11) is 0. The van der Waals surface area contributed by atoms with E-state index in [1.165, 1.54) is 6.07 Å². The second kappa shape index (κ2) is 7.45. The molecule has 1 aromatic carbocycles. The average molecular weight is 333 g/mol. The fraction of sp³-hybridized carbons (Fsp3) is 0.467. The number of benzene rings is 1. The van der Waals surface area contributed by atoms with Crippen LogP contribution in [-0.2, 0) is 22.2 Å². The number of hydrogen-bond donors (Lipinski definition) is 3. The maximum absolute atomic E-state index is 12.6. The first-order valence-electron chi connectivity index (χ1n) is 6.91. The fourth-order valence-electron chi connectivity index (χ4n) is 1.79. The van der Waals surface area contributed by atoms with Crippen molar-refractivity contribution in [3.05, 3.63) is 35.4 Å². The Labute approximate surface area is 131 Å². The van der Waals surface area contributed by atoms with Gasteiger partial charge >= 0.3 is 12.1 Å². The quantitative estimate of drug-likeness (QED) is 0.712. The van der Waals surface area contributed by atoms with Crippen LogP contribution in [0.5, 0.6) is 0 Å². The molecule has 0 heterocycles. The molecule has 0 bridgehead atoms. The summed E-state index contributed by atoms with van der Waals surface area (Å²) in [6, 6.07) is 4.86. The number of aryl methyl sites for hydroxylation is 1. The molecular formula is C15H18F3NO4. The van der Waals surface area contributed by atoms with Crippen LogP contribution in [0, 0.1) is 0 Å². The lowest BCUT2D eigenvalue weighted by atomic mass is 10.0. The van der Waals surface area contributed by atoms with Gasteiger partial charge in [-0.3, -0.25) is 4.79 Å². The van der Waals surface area contributed by atoms with E-state index in [1.54, 1.807) is 6.07 Å². The summed E-state index contributed by atoms with van der Waals surface area (Å²) in [5.41, 5.74) is -2.33. The zero-order valence-electron chi connectivity index (χ0n) is 12.5. The van der Waals surface area contributed by atoms with Crippen LogP contribution in [0.1, 0.15) is 30.9 Å². The standard InChI is InChI=1S/C15H18F3NO4/c1-14(23,13(21)22)9-19-12(20)7-3-5-10-4-2-6-11(8-10)15(16,17)18/h2,4,6,8,23H,3,5,7,9H2,1H3,(H,19,20)(H,21,22). The van der Waals surface area contributed by atoms with Crippen molar-refractivity contribution < 1.29 is 33.0 Å². The van der Waals surface area contributed by atoms with Crippen LogP contribution < -0.4 is 5.32 Å². The van der Waals surface area contributed by atoms with E-state index in [4.69, 9.17) is 5.11 Å². The molecular weight excluding hydrogens is 315 g/mol. The smallest absolute Gasteiger partial charge is 0.416 e. The van der Waals surface area contributed by atoms with E-state index in [0.717, 1.165) is 19.1 Å². The van der Waals surface area contributed by atoms with Crippen LogP contribution in [0.3, 0.4) is 0 Å². The molecule has 1 amide bonds. The van der Waals surface area contributed by atoms with Gasteiger partial charge in [-0.2, -0.15) is 13.2 Å². The van der Waals surface area contributed by atoms with Crippen molar-refractivity contribution in [1.29, 1.82) is 0 Å². The van der Waals surface area contributed by atoms with Crippen LogP contribution in [0.25, 0.3) is 0 Å². The van der Waals surface area contributed by atoms with E-state index < -0.39 is 35.8 Å². The Bertz CT molecular complexity index is 570. The molecule has 23 heavy (non-hydrogen) atoms. The van der Waals surface area contributed by atoms with Crippen LogP contribution in [0.2, 0.25) is 0 Å². The molecule has 1 rings (SSSR count). The third kappa shape index (κ3) is 6.27. The van der Waals surface area contributed by atoms with Gasteiger partial charge < -0.3 is 15.5 Å². The number of aliphatic hydroxyl groups is 1. The Balaban J connectivity index is 2.43. The van der Waals surface area contributed by atoms with Gasteiger partial charge in [0.2, 0.25) is 5.91 Å². The topological polar surface area (TPSA) is 86.6 Å². The van der Waals surface area contributed by atoms with Crippen molar-refractivity contribution >= 4 is 11.9 Å². The largest absolute Gasteiger partial charge is 0.479 e. The number of carbonyl (C=O) groups is 2. The number of amides is 1. The lowest BCUT2D eigenvalue weighted by molar-refractivity contribution is -0.156. The first-order valence-corrected chi connectivity index (χ1v) is 6.91. The number of hydrogen-bond acceptors (Lipinski definition) is 3. The summed E-state index contributed by atoms with van der Waals surface area (Å²) < 4.78 is 37.7. The highest BCUT2D eigenvalue weighted by molar-refractivity contribution is 5.80. The number of nitrogens with one attached hydrogen (secondary N) is 1. The van der Waals surface area contributed by atoms with Crippen molar-refractivity contribution in [2.75, 3.05) is 6.54 Å². The number of carboxylic acids is 1. The first kappa shape index (κ1) is 19.0. The van der Waals surface area contributed by atoms with Gasteiger partial charge in [-0.15, -0.1) is 0 Å². The molecule has 8 heteroatoms. The molecule has 0 aliphatic heterocycles. The molecule has 5 nitrogen and oxygen atoms in total. The molecule has 0 aliphatic carbocycles. The van der Waals surface area contributed by atoms with Crippen molar-refractivity contribution in [1.82, 2.24) is 5.32 Å². The Morgan fingerprint density at radius 3 is 2.48 bits per heavy atom. The predicted octanol–water partition coefficient (Wildman–Crippen LogP) is 1.98. The average Bonchev–Trinajstić information content (AvgIpc) is 2.44. The summed E-state index contributed by atoms with van der Waals surface area (Å²) in [5.74, 6) is -1.93. The SMILES string of the molecule is CC(O)(CNC(=O)CCCc1cccc(C(F)(F)F)c1)C(=O)O. The van der Waals surface area contributed by atoms with Crippen molar-refractivity contribution in [2.24, 2.45) is 0 Å². The normalized spacial score (nSPS) is 14.1. The van der Waals surface area contributed by atoms with Crippen molar-refractivity contribution in [2.45, 2.75) is 38.0 Å². The van der Waals surface area contributed by atoms with Crippen LogP contribution in [0.4, 0.5) is 13.2 Å². The van der Waals surface area contributed by atoms with Gasteiger partial charge in [-0.05, 0) is 31.4 Å². The van der Waals surface area contributed by atoms with Crippen LogP contribution in [0.15, 0.2) is 24.3 Å². The number of aliphatic carboxylic acids is 1. The minimum atomic E-state index is -4.41. The lowest BCUT2D eigenvalue weighted by Crippen LogP contribution is -2.46. The third-order valence-corrected chi connectivity index (χ3v) is 3.21. The highest BCUT2D eigenvalue weighted by Crippen LogP contribution is 2.29. The van der Waals surface area contributed by atoms with E-state index in [0.29, 0.717) is 12.0 Å². The molecule has 128 valence electrons. The molecule has 0 radical (unpaired) electrons. The van der Waals surface area contributed by atoms with E-state index in [9.17, 15) is 27.9 Å². The minimum Gasteiger partial charge on any atom is -0.479 e. The van der Waals surface area contributed by atoms with Gasteiger partial charge in [0.05, 0.1) is 12.1 Å². The first-order chi connectivity index (χ1) is 10.5. The highest BCUT2D eigenvalue weighted by atomic mass is 19.4. The molecule has 0 spiro atoms. The second-order valence-corrected chi connectivity index (χ2v) is 5.41. The van der Waals surface area contributed by atoms with Crippen molar-refractivity contribution in [3.8, 4) is 0 Å². The van der Waals surface area contributed by atoms with Gasteiger partial charge in [0.15, 0.2) is 5.60 Å². The van der Waals surface area contributed by atoms with Gasteiger partial charge in [0.1, 0.15) is 0 Å². The maximum atomic E-state index is 12.6. The molecule has 0 aromatic heterocycles. The Morgan fingerprint density at radius 2 is 1.91 bits per heavy atom. The molecule has 0 saturated carbocycles. The minimum absolute atomic E-state index is 0.0198. The monoisotopic (exact) mass is 333 g/mol. The number of alkyl halides is 3. The molecule has 1 atom stereocenters. The van der Waals surface area contributed by atoms with Gasteiger partial charge in [0.25, 0.3) is 0 Å². The number of rotatable bonds is 7. The van der Waals surface area contributed by atoms with E-state index in [-0.39, 0.29) is 12.8 Å². The zero-order valence-corrected chi connectivity index (χ0v) is 12.5. The lowest BCUT2D eigenvalue weighted by Gasteiger charge is -2.18. The van der Waals surface area contributed by atoms with Gasteiger partial charge in [0, 0.05) is 6.42 Å². The summed E-state index contributed by atoms with van der Waals surface area (Å²) in [6.07, 6.45) is -3.79. The van der Waals surface area contributed by atoms with Crippen LogP contribution in [-0.4, -0.2) is 34.2 Å². The van der Waals surface area contributed by atoms with E-state index in [1.807, 2.05) is 0 Å². The summed E-state index contributed by atoms with van der Waals surface area (Å²) in [5, 5.41) is 20.4. The highest BCUT2D eigenvalue weighted by Gasteiger charge is 2.31. The number of carboxylic acid groups (broad SMARTS) is 1. The Hall–Kier alpha value is -2.09. The fourth-order valence-corrected chi connectivity index (χ4v) is 1.79. The summed E-state index contributed by atoms with van der Waals surface area (Å²) in [6.45, 7) is 0.614. The van der Waals surface area contributed by atoms with E-state index in [2.05, 4.69) is 5.32 Å². The van der Waals surface area contributed by atoms with E-state index >= 15 is 0 Å². The van der Waals surface area contributed by atoms with Gasteiger partial charge in [-0.1, -0.05) is 18.2 Å². The number of carbonyl (C=O) groups excluding carboxylic acids is 1. The second-order valence-electron chi connectivity index (χ2n) is 5.41. The Morgan fingerprint density at radius 1 is 1.26 bits per heavy atom. The summed E-state index contributed by atoms with van der Waals surface area (Å²) >= 11 is 0. The molecule has 0 fully saturated rings. The Kier molecular flexibility index (Phi) is 6.14. The number of halogens is 3. The molecule has 3 N–H and O–H groups in total. The molecule has 0 saturated heterocycles. The molecule has 1 unspecified atom stereocenters. The molecule has 1 aromatic rings. The third-order valence-electron chi connectivity index (χ3n) is 3.21. The van der Waals surface area contributed by atoms with Crippen LogP contribution >= 0.6 is 0 Å². The maximum Gasteiger partial charge on any atom is 0.416 e. The molecule has 0 aliphatic rings. The zero-order chi connectivity index (χ0) is 17.7. The van der Waals surface area contributed by atoms with Crippen molar-refractivity contribution in [3.63, 3.8) is 0 Å².